The lowest BCUT2D eigenvalue weighted by molar-refractivity contribution is -0.171. The van der Waals surface area contributed by atoms with Gasteiger partial charge in [0.05, 0.1) is 59.6 Å². The standard InChI is InChI=1S/C36H36F2N4O5/c1-5-9-35(33-21(7-11-45-35)29-23(17-39)25(37)13-19(3)31(29)41-33)15-27(43)47-28(44)16-36(10-6-2)34-22(8-12-46-36)30-24(18-40)26(38)14-20(4)32(30)42-34/h13-14,41-42H,5-12,15-16H2,1-4H3. The van der Waals surface area contributed by atoms with Crippen molar-refractivity contribution in [1.29, 1.82) is 10.5 Å². The number of rotatable bonds is 8. The van der Waals surface area contributed by atoms with E-state index in [9.17, 15) is 28.9 Å². The van der Waals surface area contributed by atoms with Crippen LogP contribution in [0.15, 0.2) is 12.1 Å². The molecule has 0 amide bonds. The topological polar surface area (TPSA) is 141 Å². The molecular weight excluding hydrogens is 606 g/mol. The van der Waals surface area contributed by atoms with Crippen LogP contribution in [0.5, 0.6) is 0 Å². The molecule has 2 N–H and O–H groups in total. The third kappa shape index (κ3) is 5.18. The molecule has 2 aliphatic rings. The molecule has 0 radical (unpaired) electrons. The lowest BCUT2D eigenvalue weighted by atomic mass is 9.84. The Kier molecular flexibility index (Phi) is 8.41. The van der Waals surface area contributed by atoms with E-state index in [-0.39, 0.29) is 37.2 Å². The molecule has 4 heterocycles. The number of aromatic amines is 2. The van der Waals surface area contributed by atoms with Crippen molar-refractivity contribution < 1.29 is 32.6 Å². The number of nitrogens with zero attached hydrogens (tertiary/aromatic N) is 2. The summed E-state index contributed by atoms with van der Waals surface area (Å²) in [5.41, 5.74) is 2.65. The van der Waals surface area contributed by atoms with Crippen molar-refractivity contribution in [2.24, 2.45) is 0 Å². The van der Waals surface area contributed by atoms with Crippen LogP contribution in [0.25, 0.3) is 21.8 Å². The molecule has 6 rings (SSSR count). The molecule has 0 saturated carbocycles. The molecule has 9 nitrogen and oxygen atoms in total. The third-order valence-electron chi connectivity index (χ3n) is 9.65. The average molecular weight is 643 g/mol. The van der Waals surface area contributed by atoms with Crippen LogP contribution in [0, 0.1) is 48.1 Å². The Balaban J connectivity index is 1.32. The maximum absolute atomic E-state index is 14.8. The highest BCUT2D eigenvalue weighted by Gasteiger charge is 2.45. The van der Waals surface area contributed by atoms with Crippen LogP contribution in [0.1, 0.15) is 97.1 Å². The van der Waals surface area contributed by atoms with Gasteiger partial charge in [0.15, 0.2) is 0 Å². The monoisotopic (exact) mass is 642 g/mol. The number of hydrogen-bond acceptors (Lipinski definition) is 7. The fourth-order valence-electron chi connectivity index (χ4n) is 7.79. The predicted molar refractivity (Wildman–Crippen MR) is 168 cm³/mol. The van der Waals surface area contributed by atoms with Crippen LogP contribution >= 0.6 is 0 Å². The number of nitriles is 2. The number of hydrogen-bond donors (Lipinski definition) is 2. The maximum Gasteiger partial charge on any atom is 0.316 e. The Morgan fingerprint density at radius 3 is 1.57 bits per heavy atom. The summed E-state index contributed by atoms with van der Waals surface area (Å²) in [5, 5.41) is 20.5. The number of H-pyrrole nitrogens is 2. The normalized spacial score (nSPS) is 20.4. The first-order valence-corrected chi connectivity index (χ1v) is 16.0. The highest BCUT2D eigenvalue weighted by molar-refractivity contribution is 5.95. The van der Waals surface area contributed by atoms with E-state index in [1.54, 1.807) is 13.8 Å². The van der Waals surface area contributed by atoms with E-state index in [1.165, 1.54) is 12.1 Å². The quantitative estimate of drug-likeness (QED) is 0.156. The minimum Gasteiger partial charge on any atom is -0.393 e. The second kappa shape index (κ2) is 12.2. The lowest BCUT2D eigenvalue weighted by Gasteiger charge is -2.37. The van der Waals surface area contributed by atoms with Gasteiger partial charge in [-0.3, -0.25) is 9.59 Å². The number of aromatic nitrogens is 2. The number of fused-ring (bicyclic) bond motifs is 6. The van der Waals surface area contributed by atoms with Crippen molar-refractivity contribution in [3.8, 4) is 12.1 Å². The summed E-state index contributed by atoms with van der Waals surface area (Å²) >= 11 is 0. The van der Waals surface area contributed by atoms with Gasteiger partial charge < -0.3 is 24.2 Å². The first-order chi connectivity index (χ1) is 22.5. The van der Waals surface area contributed by atoms with E-state index in [2.05, 4.69) is 9.97 Å². The SMILES string of the molecule is CCCC1(CC(=O)OC(=O)CC2(CCC)OCCc3c2[nH]c2c(C)cc(F)c(C#N)c32)OCCc2c1[nH]c1c(C)cc(F)c(C#N)c21. The third-order valence-corrected chi connectivity index (χ3v) is 9.65. The van der Waals surface area contributed by atoms with Gasteiger partial charge in [0.1, 0.15) is 35.0 Å². The van der Waals surface area contributed by atoms with Crippen LogP contribution in [0.2, 0.25) is 0 Å². The number of benzene rings is 2. The van der Waals surface area contributed by atoms with E-state index in [0.29, 0.717) is 82.8 Å². The summed E-state index contributed by atoms with van der Waals surface area (Å²) in [6.07, 6.45) is 2.39. The van der Waals surface area contributed by atoms with Gasteiger partial charge in [0.25, 0.3) is 0 Å². The number of carbonyl (C=O) groups is 2. The van der Waals surface area contributed by atoms with Crippen molar-refractivity contribution >= 4 is 33.7 Å². The number of aryl methyl sites for hydroxylation is 2. The van der Waals surface area contributed by atoms with Gasteiger partial charge in [-0.15, -0.1) is 0 Å². The highest BCUT2D eigenvalue weighted by atomic mass is 19.1. The molecule has 4 aromatic rings. The van der Waals surface area contributed by atoms with E-state index >= 15 is 0 Å². The van der Waals surface area contributed by atoms with Crippen LogP contribution in [0.3, 0.4) is 0 Å². The molecule has 244 valence electrons. The molecule has 0 aliphatic carbocycles. The van der Waals surface area contributed by atoms with Crippen LogP contribution in [0.4, 0.5) is 8.78 Å². The van der Waals surface area contributed by atoms with Crippen molar-refractivity contribution in [2.45, 2.75) is 90.3 Å². The smallest absolute Gasteiger partial charge is 0.316 e. The molecule has 2 unspecified atom stereocenters. The fourth-order valence-corrected chi connectivity index (χ4v) is 7.79. The molecule has 0 spiro atoms. The number of nitrogens with one attached hydrogen (secondary N) is 2. The summed E-state index contributed by atoms with van der Waals surface area (Å²) in [7, 11) is 0. The Bertz CT molecular complexity index is 1890. The molecule has 2 atom stereocenters. The molecule has 0 bridgehead atoms. The van der Waals surface area contributed by atoms with E-state index < -0.39 is 34.8 Å². The Morgan fingerprint density at radius 2 is 1.21 bits per heavy atom. The summed E-state index contributed by atoms with van der Waals surface area (Å²) < 4.78 is 47.6. The van der Waals surface area contributed by atoms with E-state index in [4.69, 9.17) is 14.2 Å². The van der Waals surface area contributed by atoms with Crippen LogP contribution in [-0.4, -0.2) is 35.1 Å². The maximum atomic E-state index is 14.8. The summed E-state index contributed by atoms with van der Waals surface area (Å²) in [4.78, 5) is 33.8. The Morgan fingerprint density at radius 1 is 0.809 bits per heavy atom. The van der Waals surface area contributed by atoms with Crippen LogP contribution in [-0.2, 0) is 47.8 Å². The second-order valence-corrected chi connectivity index (χ2v) is 12.7. The van der Waals surface area contributed by atoms with Gasteiger partial charge in [-0.25, -0.2) is 8.78 Å². The minimum absolute atomic E-state index is 0.0574. The van der Waals surface area contributed by atoms with Gasteiger partial charge >= 0.3 is 11.9 Å². The second-order valence-electron chi connectivity index (χ2n) is 12.7. The fraction of sp³-hybridized carbons (Fsp3) is 0.444. The Hall–Kier alpha value is -4.58. The van der Waals surface area contributed by atoms with Crippen molar-refractivity contribution in [3.05, 3.63) is 68.5 Å². The van der Waals surface area contributed by atoms with E-state index in [1.807, 2.05) is 26.0 Å². The van der Waals surface area contributed by atoms with E-state index in [0.717, 1.165) is 11.1 Å². The minimum atomic E-state index is -1.17. The van der Waals surface area contributed by atoms with Gasteiger partial charge in [-0.2, -0.15) is 10.5 Å². The van der Waals surface area contributed by atoms with Gasteiger partial charge in [0, 0.05) is 10.8 Å². The molecular formula is C36H36F2N4O5. The zero-order valence-electron chi connectivity index (χ0n) is 26.9. The molecule has 2 aliphatic heterocycles. The molecule has 47 heavy (non-hydrogen) atoms. The van der Waals surface area contributed by atoms with Gasteiger partial charge in [0.2, 0.25) is 0 Å². The number of carbonyl (C=O) groups excluding carboxylic acids is 2. The number of ether oxygens (including phenoxy) is 3. The van der Waals surface area contributed by atoms with Gasteiger partial charge in [-0.05, 0) is 73.9 Å². The largest absolute Gasteiger partial charge is 0.393 e. The van der Waals surface area contributed by atoms with Crippen molar-refractivity contribution in [1.82, 2.24) is 9.97 Å². The summed E-state index contributed by atoms with van der Waals surface area (Å²) in [5.74, 6) is -2.79. The highest BCUT2D eigenvalue weighted by Crippen LogP contribution is 2.46. The zero-order chi connectivity index (χ0) is 33.7. The molecule has 0 fully saturated rings. The molecule has 0 saturated heterocycles. The summed E-state index contributed by atoms with van der Waals surface area (Å²) in [6, 6.07) is 6.60. The number of esters is 2. The predicted octanol–water partition coefficient (Wildman–Crippen LogP) is 6.97. The molecule has 2 aromatic carbocycles. The first kappa shape index (κ1) is 32.4. The number of halogens is 2. The lowest BCUT2D eigenvalue weighted by Crippen LogP contribution is -2.40. The first-order valence-electron chi connectivity index (χ1n) is 16.0. The zero-order valence-corrected chi connectivity index (χ0v) is 26.9. The summed E-state index contributed by atoms with van der Waals surface area (Å²) in [6.45, 7) is 7.87. The average Bonchev–Trinajstić information content (AvgIpc) is 3.60. The van der Waals surface area contributed by atoms with Crippen molar-refractivity contribution in [2.75, 3.05) is 13.2 Å². The van der Waals surface area contributed by atoms with Crippen LogP contribution < -0.4 is 0 Å². The van der Waals surface area contributed by atoms with Gasteiger partial charge in [-0.1, -0.05) is 26.7 Å². The Labute approximate surface area is 270 Å². The van der Waals surface area contributed by atoms with Crippen molar-refractivity contribution in [3.63, 3.8) is 0 Å². The molecule has 11 heteroatoms. The molecule has 2 aromatic heterocycles.